The van der Waals surface area contributed by atoms with E-state index in [2.05, 4.69) is 15.9 Å². The van der Waals surface area contributed by atoms with E-state index in [9.17, 15) is 8.42 Å². The predicted octanol–water partition coefficient (Wildman–Crippen LogP) is 3.29. The smallest absolute Gasteiger partial charge is 0.207 e. The second-order valence-electron chi connectivity index (χ2n) is 3.52. The third kappa shape index (κ3) is 2.98. The van der Waals surface area contributed by atoms with Crippen LogP contribution in [0.15, 0.2) is 21.5 Å². The minimum Gasteiger partial charge on any atom is -0.207 e. The Morgan fingerprint density at radius 3 is 2.22 bits per heavy atom. The van der Waals surface area contributed by atoms with Crippen LogP contribution in [-0.2, 0) is 10.0 Å². The van der Waals surface area contributed by atoms with Gasteiger partial charge in [-0.2, -0.15) is 9.57 Å². The van der Waals surface area contributed by atoms with E-state index in [-0.39, 0.29) is 14.9 Å². The molecule has 1 aromatic rings. The van der Waals surface area contributed by atoms with E-state index in [0.717, 1.165) is 4.31 Å². The van der Waals surface area contributed by atoms with Gasteiger partial charge in [0.2, 0.25) is 10.0 Å². The van der Waals surface area contributed by atoms with Gasteiger partial charge in [-0.25, -0.2) is 8.42 Å². The molecule has 0 aliphatic heterocycles. The van der Waals surface area contributed by atoms with E-state index in [1.807, 2.05) is 6.07 Å². The first kappa shape index (κ1) is 15.7. The number of rotatable bonds is 3. The maximum atomic E-state index is 12.3. The number of sulfonamides is 1. The lowest BCUT2D eigenvalue weighted by molar-refractivity contribution is 0.442. The topological polar surface area (TPSA) is 61.2 Å². The SMILES string of the molecule is CC(C#N)N(C)S(=O)(=O)c1c(Cl)cc(Br)cc1Cl. The van der Waals surface area contributed by atoms with Gasteiger partial charge in [0.05, 0.1) is 16.1 Å². The first-order valence-electron chi connectivity index (χ1n) is 4.74. The minimum absolute atomic E-state index is 0.00589. The second kappa shape index (κ2) is 5.76. The molecule has 0 amide bonds. The summed E-state index contributed by atoms with van der Waals surface area (Å²) in [6, 6.07) is 3.90. The lowest BCUT2D eigenvalue weighted by Gasteiger charge is -2.20. The summed E-state index contributed by atoms with van der Waals surface area (Å²) in [6.45, 7) is 1.47. The van der Waals surface area contributed by atoms with Crippen LogP contribution in [0.5, 0.6) is 0 Å². The van der Waals surface area contributed by atoms with Crippen LogP contribution in [0.25, 0.3) is 0 Å². The Morgan fingerprint density at radius 1 is 1.39 bits per heavy atom. The van der Waals surface area contributed by atoms with Gasteiger partial charge in [0.15, 0.2) is 0 Å². The van der Waals surface area contributed by atoms with Crippen molar-refractivity contribution in [3.8, 4) is 6.07 Å². The molecule has 0 aromatic heterocycles. The molecule has 0 saturated heterocycles. The Kier molecular flexibility index (Phi) is 5.04. The minimum atomic E-state index is -3.90. The summed E-state index contributed by atoms with van der Waals surface area (Å²) in [4.78, 5) is -0.196. The summed E-state index contributed by atoms with van der Waals surface area (Å²) in [7, 11) is -2.60. The molecule has 0 heterocycles. The van der Waals surface area contributed by atoms with Gasteiger partial charge < -0.3 is 0 Å². The molecule has 0 aliphatic rings. The molecule has 98 valence electrons. The van der Waals surface area contributed by atoms with Gasteiger partial charge in [0, 0.05) is 11.5 Å². The van der Waals surface area contributed by atoms with Crippen LogP contribution in [0.4, 0.5) is 0 Å². The van der Waals surface area contributed by atoms with Gasteiger partial charge in [0.25, 0.3) is 0 Å². The van der Waals surface area contributed by atoms with Crippen molar-refractivity contribution in [2.45, 2.75) is 17.9 Å². The van der Waals surface area contributed by atoms with Crippen molar-refractivity contribution in [3.63, 3.8) is 0 Å². The number of hydrogen-bond acceptors (Lipinski definition) is 3. The molecular weight excluding hydrogens is 363 g/mol. The van der Waals surface area contributed by atoms with Gasteiger partial charge in [-0.15, -0.1) is 0 Å². The fourth-order valence-corrected chi connectivity index (χ4v) is 4.36. The summed E-state index contributed by atoms with van der Waals surface area (Å²) in [5, 5.41) is 8.78. The highest BCUT2D eigenvalue weighted by Gasteiger charge is 2.30. The molecule has 1 aromatic carbocycles. The number of halogens is 3. The molecule has 0 aliphatic carbocycles. The molecular formula is C10H9BrCl2N2O2S. The van der Waals surface area contributed by atoms with Crippen molar-refractivity contribution in [2.75, 3.05) is 7.05 Å². The van der Waals surface area contributed by atoms with Gasteiger partial charge in [0.1, 0.15) is 10.9 Å². The Labute approximate surface area is 124 Å². The Balaban J connectivity index is 3.44. The van der Waals surface area contributed by atoms with Crippen molar-refractivity contribution in [3.05, 3.63) is 26.7 Å². The van der Waals surface area contributed by atoms with Gasteiger partial charge in [-0.3, -0.25) is 0 Å². The molecule has 4 nitrogen and oxygen atoms in total. The molecule has 0 bridgehead atoms. The van der Waals surface area contributed by atoms with E-state index >= 15 is 0 Å². The van der Waals surface area contributed by atoms with Gasteiger partial charge in [-0.05, 0) is 19.1 Å². The molecule has 8 heteroatoms. The maximum absolute atomic E-state index is 12.3. The zero-order valence-electron chi connectivity index (χ0n) is 9.49. The lowest BCUT2D eigenvalue weighted by atomic mass is 10.4. The average Bonchev–Trinajstić information content (AvgIpc) is 2.24. The molecule has 0 spiro atoms. The zero-order valence-corrected chi connectivity index (χ0v) is 13.4. The largest absolute Gasteiger partial charge is 0.246 e. The third-order valence-corrected chi connectivity index (χ3v) is 5.64. The molecule has 0 fully saturated rings. The maximum Gasteiger partial charge on any atom is 0.246 e. The summed E-state index contributed by atoms with van der Waals surface area (Å²) >= 11 is 15.0. The van der Waals surface area contributed by atoms with Crippen LogP contribution in [0, 0.1) is 11.3 Å². The van der Waals surface area contributed by atoms with E-state index in [1.54, 1.807) is 0 Å². The predicted molar refractivity (Wildman–Crippen MR) is 74.2 cm³/mol. The van der Waals surface area contributed by atoms with Crippen molar-refractivity contribution in [1.29, 1.82) is 5.26 Å². The van der Waals surface area contributed by atoms with E-state index in [0.29, 0.717) is 4.47 Å². The van der Waals surface area contributed by atoms with Crippen molar-refractivity contribution in [2.24, 2.45) is 0 Å². The van der Waals surface area contributed by atoms with Crippen molar-refractivity contribution < 1.29 is 8.42 Å². The molecule has 1 unspecified atom stereocenters. The standard InChI is InChI=1S/C10H9BrCl2N2O2S/c1-6(5-14)15(2)18(16,17)10-8(12)3-7(11)4-9(10)13/h3-4,6H,1-2H3. The summed E-state index contributed by atoms with van der Waals surface area (Å²) in [6.07, 6.45) is 0. The number of nitriles is 1. The summed E-state index contributed by atoms with van der Waals surface area (Å²) in [5.41, 5.74) is 0. The van der Waals surface area contributed by atoms with Gasteiger partial charge in [-0.1, -0.05) is 39.1 Å². The average molecular weight is 372 g/mol. The fourth-order valence-electron chi connectivity index (χ4n) is 1.21. The Morgan fingerprint density at radius 2 is 1.83 bits per heavy atom. The third-order valence-electron chi connectivity index (χ3n) is 2.33. The molecule has 0 N–H and O–H groups in total. The number of benzene rings is 1. The van der Waals surface area contributed by atoms with E-state index < -0.39 is 16.1 Å². The number of hydrogen-bond donors (Lipinski definition) is 0. The van der Waals surface area contributed by atoms with E-state index in [1.165, 1.54) is 26.1 Å². The lowest BCUT2D eigenvalue weighted by Crippen LogP contribution is -2.34. The van der Waals surface area contributed by atoms with Crippen LogP contribution in [0.2, 0.25) is 10.0 Å². The van der Waals surface area contributed by atoms with Crippen molar-refractivity contribution >= 4 is 49.2 Å². The Hall–Kier alpha value is -0.320. The molecule has 0 saturated carbocycles. The number of nitrogens with zero attached hydrogens (tertiary/aromatic N) is 2. The van der Waals surface area contributed by atoms with Crippen LogP contribution in [0.3, 0.4) is 0 Å². The van der Waals surface area contributed by atoms with Crippen LogP contribution in [0.1, 0.15) is 6.92 Å². The summed E-state index contributed by atoms with van der Waals surface area (Å²) < 4.78 is 26.1. The quantitative estimate of drug-likeness (QED) is 0.818. The Bertz CT molecular complexity index is 590. The molecule has 1 rings (SSSR count). The highest BCUT2D eigenvalue weighted by molar-refractivity contribution is 9.10. The molecule has 0 radical (unpaired) electrons. The fraction of sp³-hybridized carbons (Fsp3) is 0.300. The van der Waals surface area contributed by atoms with Crippen LogP contribution in [-0.4, -0.2) is 25.8 Å². The summed E-state index contributed by atoms with van der Waals surface area (Å²) in [5.74, 6) is 0. The first-order chi connectivity index (χ1) is 8.21. The second-order valence-corrected chi connectivity index (χ2v) is 7.19. The van der Waals surface area contributed by atoms with Crippen LogP contribution >= 0.6 is 39.1 Å². The zero-order chi connectivity index (χ0) is 14.1. The van der Waals surface area contributed by atoms with Crippen LogP contribution < -0.4 is 0 Å². The monoisotopic (exact) mass is 370 g/mol. The van der Waals surface area contributed by atoms with Gasteiger partial charge >= 0.3 is 0 Å². The first-order valence-corrected chi connectivity index (χ1v) is 7.73. The highest BCUT2D eigenvalue weighted by atomic mass is 79.9. The van der Waals surface area contributed by atoms with Crippen molar-refractivity contribution in [1.82, 2.24) is 4.31 Å². The molecule has 18 heavy (non-hydrogen) atoms. The normalized spacial score (nSPS) is 13.4. The molecule has 1 atom stereocenters. The highest BCUT2D eigenvalue weighted by Crippen LogP contribution is 2.34. The van der Waals surface area contributed by atoms with E-state index in [4.69, 9.17) is 28.5 Å².